The van der Waals surface area contributed by atoms with E-state index in [-0.39, 0.29) is 5.91 Å². The van der Waals surface area contributed by atoms with E-state index >= 15 is 0 Å². The van der Waals surface area contributed by atoms with Crippen LogP contribution in [-0.2, 0) is 4.79 Å². The number of hydrogen-bond donors (Lipinski definition) is 1. The predicted octanol–water partition coefficient (Wildman–Crippen LogP) is 2.56. The lowest BCUT2D eigenvalue weighted by Crippen LogP contribution is -2.09. The molecule has 0 bridgehead atoms. The van der Waals surface area contributed by atoms with Crippen LogP contribution in [0, 0.1) is 11.3 Å². The molecule has 0 aromatic heterocycles. The van der Waals surface area contributed by atoms with Gasteiger partial charge in [-0.2, -0.15) is 5.26 Å². The van der Waals surface area contributed by atoms with Gasteiger partial charge in [-0.1, -0.05) is 18.5 Å². The minimum atomic E-state index is -0.100. The van der Waals surface area contributed by atoms with E-state index in [9.17, 15) is 4.79 Å². The Hall–Kier alpha value is -1.53. The fraction of sp³-hybridized carbons (Fsp3) is 0.200. The lowest BCUT2D eigenvalue weighted by molar-refractivity contribution is -0.115. The molecule has 0 saturated carbocycles. The van der Waals surface area contributed by atoms with Crippen LogP contribution in [0.3, 0.4) is 0 Å². The number of amides is 1. The first-order chi connectivity index (χ1) is 6.67. The third-order valence-corrected chi connectivity index (χ3v) is 2.01. The third kappa shape index (κ3) is 2.48. The number of halogens is 1. The Morgan fingerprint density at radius 2 is 2.36 bits per heavy atom. The summed E-state index contributed by atoms with van der Waals surface area (Å²) in [5.41, 5.74) is 1.02. The summed E-state index contributed by atoms with van der Waals surface area (Å²) in [4.78, 5) is 11.1. The average molecular weight is 209 g/mol. The Labute approximate surface area is 87.3 Å². The number of hydrogen-bond acceptors (Lipinski definition) is 2. The Bertz CT molecular complexity index is 396. The number of carbonyl (C=O) groups excluding carboxylic acids is 1. The molecule has 0 radical (unpaired) electrons. The maximum Gasteiger partial charge on any atom is 0.224 e. The Morgan fingerprint density at radius 3 is 2.86 bits per heavy atom. The molecule has 1 amide bonds. The van der Waals surface area contributed by atoms with Gasteiger partial charge in [0, 0.05) is 6.42 Å². The number of rotatable bonds is 2. The van der Waals surface area contributed by atoms with Crippen molar-refractivity contribution in [2.45, 2.75) is 13.3 Å². The smallest absolute Gasteiger partial charge is 0.224 e. The van der Waals surface area contributed by atoms with E-state index < -0.39 is 0 Å². The molecule has 0 aliphatic rings. The van der Waals surface area contributed by atoms with E-state index in [0.29, 0.717) is 22.7 Å². The van der Waals surface area contributed by atoms with Crippen LogP contribution < -0.4 is 5.32 Å². The van der Waals surface area contributed by atoms with Gasteiger partial charge in [0.05, 0.1) is 22.3 Å². The molecule has 0 unspecified atom stereocenters. The molecule has 1 aromatic rings. The molecule has 0 aliphatic carbocycles. The molecule has 3 nitrogen and oxygen atoms in total. The summed E-state index contributed by atoms with van der Waals surface area (Å²) in [6, 6.07) is 6.71. The fourth-order valence-corrected chi connectivity index (χ4v) is 1.15. The molecule has 0 atom stereocenters. The van der Waals surface area contributed by atoms with Crippen molar-refractivity contribution in [1.82, 2.24) is 0 Å². The van der Waals surface area contributed by atoms with Gasteiger partial charge in [0.15, 0.2) is 0 Å². The molecular formula is C10H9ClN2O. The monoisotopic (exact) mass is 208 g/mol. The molecule has 0 fully saturated rings. The lowest BCUT2D eigenvalue weighted by Gasteiger charge is -2.05. The minimum Gasteiger partial charge on any atom is -0.325 e. The second-order valence-electron chi connectivity index (χ2n) is 2.71. The van der Waals surface area contributed by atoms with Gasteiger partial charge >= 0.3 is 0 Å². The van der Waals surface area contributed by atoms with Crippen LogP contribution in [0.25, 0.3) is 0 Å². The predicted molar refractivity (Wildman–Crippen MR) is 55.1 cm³/mol. The van der Waals surface area contributed by atoms with Crippen molar-refractivity contribution in [3.63, 3.8) is 0 Å². The fourth-order valence-electron chi connectivity index (χ4n) is 0.925. The number of benzene rings is 1. The molecule has 1 rings (SSSR count). The van der Waals surface area contributed by atoms with Crippen LogP contribution in [0.15, 0.2) is 18.2 Å². The van der Waals surface area contributed by atoms with Crippen molar-refractivity contribution < 1.29 is 4.79 Å². The van der Waals surface area contributed by atoms with E-state index in [4.69, 9.17) is 16.9 Å². The van der Waals surface area contributed by atoms with E-state index in [2.05, 4.69) is 5.32 Å². The first kappa shape index (κ1) is 10.6. The Morgan fingerprint density at radius 1 is 1.64 bits per heavy atom. The molecule has 72 valence electrons. The molecule has 0 spiro atoms. The molecule has 4 heteroatoms. The van der Waals surface area contributed by atoms with Crippen LogP contribution in [0.2, 0.25) is 5.02 Å². The molecule has 0 saturated heterocycles. The summed E-state index contributed by atoms with van der Waals surface area (Å²) in [7, 11) is 0. The zero-order chi connectivity index (χ0) is 10.6. The highest BCUT2D eigenvalue weighted by molar-refractivity contribution is 6.33. The number of nitrogens with one attached hydrogen (secondary N) is 1. The molecule has 0 aliphatic heterocycles. The quantitative estimate of drug-likeness (QED) is 0.812. The molecule has 14 heavy (non-hydrogen) atoms. The Kier molecular flexibility index (Phi) is 3.49. The third-order valence-electron chi connectivity index (χ3n) is 1.69. The van der Waals surface area contributed by atoms with Crippen molar-refractivity contribution in [2.24, 2.45) is 0 Å². The van der Waals surface area contributed by atoms with Gasteiger partial charge in [-0.25, -0.2) is 0 Å². The number of nitrogens with zero attached hydrogens (tertiary/aromatic N) is 1. The first-order valence-corrected chi connectivity index (χ1v) is 4.54. The van der Waals surface area contributed by atoms with Gasteiger partial charge in [0.1, 0.15) is 0 Å². The number of nitriles is 1. The maximum absolute atomic E-state index is 11.1. The highest BCUT2D eigenvalue weighted by Gasteiger charge is 2.04. The SMILES string of the molecule is CCC(=O)Nc1ccc(C#N)cc1Cl. The minimum absolute atomic E-state index is 0.100. The van der Waals surface area contributed by atoms with E-state index in [1.54, 1.807) is 19.1 Å². The van der Waals surface area contributed by atoms with Crippen LogP contribution in [0.4, 0.5) is 5.69 Å². The van der Waals surface area contributed by atoms with Crippen molar-refractivity contribution in [3.8, 4) is 6.07 Å². The zero-order valence-electron chi connectivity index (χ0n) is 7.67. The topological polar surface area (TPSA) is 52.9 Å². The lowest BCUT2D eigenvalue weighted by atomic mass is 10.2. The summed E-state index contributed by atoms with van der Waals surface area (Å²) >= 11 is 5.84. The van der Waals surface area contributed by atoms with Crippen LogP contribution in [-0.4, -0.2) is 5.91 Å². The van der Waals surface area contributed by atoms with Crippen LogP contribution in [0.5, 0.6) is 0 Å². The molecule has 1 aromatic carbocycles. The summed E-state index contributed by atoms with van der Waals surface area (Å²) in [6.45, 7) is 1.76. The van der Waals surface area contributed by atoms with Gasteiger partial charge in [-0.3, -0.25) is 4.79 Å². The molecular weight excluding hydrogens is 200 g/mol. The van der Waals surface area contributed by atoms with Gasteiger partial charge in [0.25, 0.3) is 0 Å². The summed E-state index contributed by atoms with van der Waals surface area (Å²) in [5.74, 6) is -0.100. The highest BCUT2D eigenvalue weighted by atomic mass is 35.5. The average Bonchev–Trinajstić information content (AvgIpc) is 2.20. The van der Waals surface area contributed by atoms with Crippen molar-refractivity contribution >= 4 is 23.2 Å². The van der Waals surface area contributed by atoms with Crippen molar-refractivity contribution in [2.75, 3.05) is 5.32 Å². The van der Waals surface area contributed by atoms with E-state index in [1.165, 1.54) is 6.07 Å². The molecule has 1 N–H and O–H groups in total. The Balaban J connectivity index is 2.90. The van der Waals surface area contributed by atoms with Crippen LogP contribution in [0.1, 0.15) is 18.9 Å². The van der Waals surface area contributed by atoms with Gasteiger partial charge < -0.3 is 5.32 Å². The second-order valence-corrected chi connectivity index (χ2v) is 3.12. The van der Waals surface area contributed by atoms with E-state index in [1.807, 2.05) is 6.07 Å². The molecule has 0 heterocycles. The normalized spacial score (nSPS) is 9.21. The summed E-state index contributed by atoms with van der Waals surface area (Å²) in [5, 5.41) is 11.6. The summed E-state index contributed by atoms with van der Waals surface area (Å²) in [6.07, 6.45) is 0.399. The highest BCUT2D eigenvalue weighted by Crippen LogP contribution is 2.22. The van der Waals surface area contributed by atoms with Gasteiger partial charge in [0.2, 0.25) is 5.91 Å². The standard InChI is InChI=1S/C10H9ClN2O/c1-2-10(14)13-9-4-3-7(6-12)5-8(9)11/h3-5H,2H2,1H3,(H,13,14). The van der Waals surface area contributed by atoms with Gasteiger partial charge in [-0.05, 0) is 18.2 Å². The van der Waals surface area contributed by atoms with Crippen molar-refractivity contribution in [3.05, 3.63) is 28.8 Å². The van der Waals surface area contributed by atoms with Gasteiger partial charge in [-0.15, -0.1) is 0 Å². The number of carbonyl (C=O) groups is 1. The van der Waals surface area contributed by atoms with E-state index in [0.717, 1.165) is 0 Å². The number of anilines is 1. The largest absolute Gasteiger partial charge is 0.325 e. The second kappa shape index (κ2) is 4.64. The summed E-state index contributed by atoms with van der Waals surface area (Å²) < 4.78 is 0. The zero-order valence-corrected chi connectivity index (χ0v) is 8.43. The van der Waals surface area contributed by atoms with Crippen molar-refractivity contribution in [1.29, 1.82) is 5.26 Å². The first-order valence-electron chi connectivity index (χ1n) is 4.17. The van der Waals surface area contributed by atoms with Crippen LogP contribution >= 0.6 is 11.6 Å². The maximum atomic E-state index is 11.1.